The van der Waals surface area contributed by atoms with Gasteiger partial charge < -0.3 is 0 Å². The SMILES string of the molecule is CON(C)C(=O)c1cnc(-c2cccnc2)s1. The standard InChI is InChI=1S/C11H11N3O2S/c1-14(16-2)11(15)9-7-13-10(17-9)8-4-3-5-12-6-8/h3-7H,1-2H3. The van der Waals surface area contributed by atoms with Crippen molar-refractivity contribution in [2.45, 2.75) is 0 Å². The average molecular weight is 249 g/mol. The molecule has 17 heavy (non-hydrogen) atoms. The van der Waals surface area contributed by atoms with Crippen molar-refractivity contribution >= 4 is 17.2 Å². The molecule has 0 aliphatic heterocycles. The fourth-order valence-corrected chi connectivity index (χ4v) is 2.11. The van der Waals surface area contributed by atoms with Crippen LogP contribution in [-0.2, 0) is 4.84 Å². The van der Waals surface area contributed by atoms with Crippen LogP contribution >= 0.6 is 11.3 Å². The molecule has 0 unspecified atom stereocenters. The number of rotatable bonds is 3. The summed E-state index contributed by atoms with van der Waals surface area (Å²) in [7, 11) is 3.01. The smallest absolute Gasteiger partial charge is 0.274 e. The van der Waals surface area contributed by atoms with Gasteiger partial charge in [0.25, 0.3) is 5.91 Å². The third-order valence-electron chi connectivity index (χ3n) is 2.18. The van der Waals surface area contributed by atoms with Gasteiger partial charge in [-0.2, -0.15) is 0 Å². The van der Waals surface area contributed by atoms with Gasteiger partial charge in [0.15, 0.2) is 0 Å². The molecular formula is C11H11N3O2S. The van der Waals surface area contributed by atoms with Crippen LogP contribution in [0.25, 0.3) is 10.6 Å². The Morgan fingerprint density at radius 2 is 2.29 bits per heavy atom. The van der Waals surface area contributed by atoms with Crippen LogP contribution in [0.1, 0.15) is 9.67 Å². The highest BCUT2D eigenvalue weighted by molar-refractivity contribution is 7.16. The number of thiazole rings is 1. The van der Waals surface area contributed by atoms with Gasteiger partial charge in [0, 0.05) is 25.0 Å². The van der Waals surface area contributed by atoms with Crippen LogP contribution < -0.4 is 0 Å². The van der Waals surface area contributed by atoms with E-state index in [0.29, 0.717) is 4.88 Å². The van der Waals surface area contributed by atoms with Crippen molar-refractivity contribution in [1.82, 2.24) is 15.0 Å². The Kier molecular flexibility index (Phi) is 3.46. The van der Waals surface area contributed by atoms with Crippen molar-refractivity contribution < 1.29 is 9.63 Å². The van der Waals surface area contributed by atoms with Crippen molar-refractivity contribution in [3.05, 3.63) is 35.6 Å². The number of carbonyl (C=O) groups is 1. The summed E-state index contributed by atoms with van der Waals surface area (Å²) in [6.45, 7) is 0. The molecule has 0 fully saturated rings. The number of hydroxylamine groups is 2. The predicted octanol–water partition coefficient (Wildman–Crippen LogP) is 1.84. The zero-order valence-electron chi connectivity index (χ0n) is 9.45. The monoisotopic (exact) mass is 249 g/mol. The summed E-state index contributed by atoms with van der Waals surface area (Å²) in [5, 5.41) is 1.94. The van der Waals surface area contributed by atoms with Gasteiger partial charge in [-0.1, -0.05) is 0 Å². The van der Waals surface area contributed by atoms with Gasteiger partial charge in [-0.25, -0.2) is 10.0 Å². The number of hydrogen-bond acceptors (Lipinski definition) is 5. The third kappa shape index (κ3) is 2.48. The summed E-state index contributed by atoms with van der Waals surface area (Å²) in [5.41, 5.74) is 0.900. The fraction of sp³-hybridized carbons (Fsp3) is 0.182. The molecule has 6 heteroatoms. The summed E-state index contributed by atoms with van der Waals surface area (Å²) < 4.78 is 0. The van der Waals surface area contributed by atoms with Gasteiger partial charge >= 0.3 is 0 Å². The first kappa shape index (κ1) is 11.7. The minimum absolute atomic E-state index is 0.208. The van der Waals surface area contributed by atoms with E-state index in [4.69, 9.17) is 4.84 Å². The highest BCUT2D eigenvalue weighted by Crippen LogP contribution is 2.24. The Hall–Kier alpha value is -1.79. The zero-order chi connectivity index (χ0) is 12.3. The maximum Gasteiger partial charge on any atom is 0.288 e. The summed E-state index contributed by atoms with van der Waals surface area (Å²) in [5.74, 6) is -0.208. The minimum Gasteiger partial charge on any atom is -0.274 e. The molecule has 0 spiro atoms. The molecule has 0 bridgehead atoms. The normalized spacial score (nSPS) is 10.2. The molecule has 2 rings (SSSR count). The lowest BCUT2D eigenvalue weighted by atomic mass is 10.3. The number of pyridine rings is 1. The van der Waals surface area contributed by atoms with E-state index in [1.54, 1.807) is 25.6 Å². The van der Waals surface area contributed by atoms with E-state index in [0.717, 1.165) is 10.6 Å². The maximum absolute atomic E-state index is 11.8. The van der Waals surface area contributed by atoms with Crippen LogP contribution in [0, 0.1) is 0 Å². The van der Waals surface area contributed by atoms with Gasteiger partial charge in [-0.05, 0) is 12.1 Å². The first-order valence-electron chi connectivity index (χ1n) is 4.90. The first-order chi connectivity index (χ1) is 8.22. The number of aromatic nitrogens is 2. The molecular weight excluding hydrogens is 238 g/mol. The van der Waals surface area contributed by atoms with Crippen molar-refractivity contribution in [1.29, 1.82) is 0 Å². The Morgan fingerprint density at radius 1 is 1.47 bits per heavy atom. The van der Waals surface area contributed by atoms with Crippen LogP contribution in [0.5, 0.6) is 0 Å². The third-order valence-corrected chi connectivity index (χ3v) is 3.22. The van der Waals surface area contributed by atoms with Gasteiger partial charge in [0.1, 0.15) is 9.88 Å². The van der Waals surface area contributed by atoms with E-state index in [2.05, 4.69) is 9.97 Å². The molecule has 1 amide bonds. The lowest BCUT2D eigenvalue weighted by molar-refractivity contribution is -0.0754. The van der Waals surface area contributed by atoms with Crippen molar-refractivity contribution in [3.8, 4) is 10.6 Å². The maximum atomic E-state index is 11.8. The van der Waals surface area contributed by atoms with Gasteiger partial charge in [-0.15, -0.1) is 11.3 Å². The largest absolute Gasteiger partial charge is 0.288 e. The molecule has 0 N–H and O–H groups in total. The summed E-state index contributed by atoms with van der Waals surface area (Å²) in [4.78, 5) is 25.4. The second-order valence-corrected chi connectivity index (χ2v) is 4.29. The number of hydrogen-bond donors (Lipinski definition) is 0. The summed E-state index contributed by atoms with van der Waals surface area (Å²) in [6.07, 6.45) is 4.96. The van der Waals surface area contributed by atoms with Crippen LogP contribution in [0.15, 0.2) is 30.7 Å². The molecule has 0 aliphatic carbocycles. The summed E-state index contributed by atoms with van der Waals surface area (Å²) in [6, 6.07) is 3.74. The molecule has 88 valence electrons. The van der Waals surface area contributed by atoms with E-state index >= 15 is 0 Å². The molecule has 0 radical (unpaired) electrons. The van der Waals surface area contributed by atoms with Crippen molar-refractivity contribution in [3.63, 3.8) is 0 Å². The molecule has 5 nitrogen and oxygen atoms in total. The molecule has 2 aromatic heterocycles. The molecule has 0 atom stereocenters. The van der Waals surface area contributed by atoms with E-state index in [1.807, 2.05) is 12.1 Å². The topological polar surface area (TPSA) is 55.3 Å². The first-order valence-corrected chi connectivity index (χ1v) is 5.72. The molecule has 0 saturated heterocycles. The summed E-state index contributed by atoms with van der Waals surface area (Å²) >= 11 is 1.32. The average Bonchev–Trinajstić information content (AvgIpc) is 2.87. The lowest BCUT2D eigenvalue weighted by Crippen LogP contribution is -2.24. The second kappa shape index (κ2) is 5.03. The molecule has 0 saturated carbocycles. The molecule has 0 aromatic carbocycles. The Balaban J connectivity index is 2.25. The fourth-order valence-electron chi connectivity index (χ4n) is 1.23. The van der Waals surface area contributed by atoms with E-state index in [1.165, 1.54) is 23.5 Å². The van der Waals surface area contributed by atoms with Crippen LogP contribution in [0.2, 0.25) is 0 Å². The quantitative estimate of drug-likeness (QED) is 0.779. The highest BCUT2D eigenvalue weighted by atomic mass is 32.1. The zero-order valence-corrected chi connectivity index (χ0v) is 10.3. The van der Waals surface area contributed by atoms with E-state index in [-0.39, 0.29) is 5.91 Å². The van der Waals surface area contributed by atoms with Gasteiger partial charge in [0.05, 0.1) is 13.3 Å². The molecule has 0 aliphatic rings. The number of amides is 1. The van der Waals surface area contributed by atoms with Crippen LogP contribution in [-0.4, -0.2) is 35.1 Å². The number of carbonyl (C=O) groups excluding carboxylic acids is 1. The minimum atomic E-state index is -0.208. The van der Waals surface area contributed by atoms with E-state index in [9.17, 15) is 4.79 Å². The lowest BCUT2D eigenvalue weighted by Gasteiger charge is -2.11. The molecule has 2 heterocycles. The second-order valence-electron chi connectivity index (χ2n) is 3.26. The van der Waals surface area contributed by atoms with Gasteiger partial charge in [-0.3, -0.25) is 14.6 Å². The Bertz CT molecular complexity index is 512. The van der Waals surface area contributed by atoms with E-state index < -0.39 is 0 Å². The van der Waals surface area contributed by atoms with Crippen molar-refractivity contribution in [2.75, 3.05) is 14.2 Å². The Labute approximate surface area is 103 Å². The highest BCUT2D eigenvalue weighted by Gasteiger charge is 2.15. The molecule has 2 aromatic rings. The van der Waals surface area contributed by atoms with Crippen LogP contribution in [0.3, 0.4) is 0 Å². The Morgan fingerprint density at radius 3 is 2.94 bits per heavy atom. The van der Waals surface area contributed by atoms with Crippen molar-refractivity contribution in [2.24, 2.45) is 0 Å². The van der Waals surface area contributed by atoms with Gasteiger partial charge in [0.2, 0.25) is 0 Å². The predicted molar refractivity (Wildman–Crippen MR) is 64.4 cm³/mol. The number of nitrogens with zero attached hydrogens (tertiary/aromatic N) is 3. The van der Waals surface area contributed by atoms with Crippen LogP contribution in [0.4, 0.5) is 0 Å².